The fourth-order valence-corrected chi connectivity index (χ4v) is 6.32. The van der Waals surface area contributed by atoms with E-state index < -0.39 is 83.5 Å². The van der Waals surface area contributed by atoms with Crippen molar-refractivity contribution in [3.8, 4) is 11.3 Å². The number of imide groups is 1. The van der Waals surface area contributed by atoms with Crippen molar-refractivity contribution in [2.24, 2.45) is 11.1 Å². The number of Topliss-reactive ketones (excluding diaryl/α,β-unsaturated/α-hetero) is 1. The number of benzene rings is 2. The lowest BCUT2D eigenvalue weighted by Gasteiger charge is -2.40. The van der Waals surface area contributed by atoms with E-state index in [1.165, 1.54) is 4.90 Å². The zero-order valence-corrected chi connectivity index (χ0v) is 33.9. The Morgan fingerprint density at radius 1 is 0.919 bits per heavy atom. The Hall–Kier alpha value is -6.35. The minimum absolute atomic E-state index is 0.0111. The Morgan fingerprint density at radius 2 is 1.53 bits per heavy atom. The van der Waals surface area contributed by atoms with E-state index in [0.29, 0.717) is 5.82 Å². The number of alkyl halides is 3. The standard InChI is InChI=1S/C39H46F2N6O8.C2HF3O2/c1-39(2,3)35(36-43-31(27-20-25(40)11-13-28(27)41)22-45(36)21-24-8-5-4-6-9-24)47(34(52)23-48)19-17-29(42)37(53)44-30(38(54)55)14-12-26(49)10-7-18-46-32(50)15-16-33(46)51;3-2(4,5)1(6)7/h4-6,8-9,11,13,15-16,20,22,29-30,35,48H,7,10,12,14,17-19,21,23,42H2,1-3H3,(H,44,53)(H,54,55);(H,6,7)/t29-,30-,35-;/m0./s1. The first-order chi connectivity index (χ1) is 28.9. The molecule has 0 fully saturated rings. The molecular formula is C41H47F5N6O10. The number of aliphatic hydroxyl groups is 1. The number of aliphatic carboxylic acids is 2. The van der Waals surface area contributed by atoms with Crippen LogP contribution in [0.15, 0.2) is 66.9 Å². The Balaban J connectivity index is 0.00000134. The van der Waals surface area contributed by atoms with Crippen molar-refractivity contribution in [3.05, 3.63) is 89.9 Å². The third-order valence-electron chi connectivity index (χ3n) is 9.36. The number of hydrogen-bond acceptors (Lipinski definition) is 10. The normalized spacial score (nSPS) is 14.1. The van der Waals surface area contributed by atoms with Gasteiger partial charge in [0.15, 0.2) is 0 Å². The van der Waals surface area contributed by atoms with Crippen LogP contribution in [0.25, 0.3) is 11.3 Å². The molecule has 0 saturated carbocycles. The van der Waals surface area contributed by atoms with E-state index in [1.54, 1.807) is 10.8 Å². The van der Waals surface area contributed by atoms with Crippen LogP contribution in [0.4, 0.5) is 22.0 Å². The van der Waals surface area contributed by atoms with Crippen molar-refractivity contribution in [2.75, 3.05) is 19.7 Å². The van der Waals surface area contributed by atoms with Gasteiger partial charge in [-0.2, -0.15) is 13.2 Å². The highest BCUT2D eigenvalue weighted by Gasteiger charge is 2.39. The molecule has 0 unspecified atom stereocenters. The van der Waals surface area contributed by atoms with Gasteiger partial charge in [0, 0.05) is 56.4 Å². The van der Waals surface area contributed by atoms with Gasteiger partial charge in [0.1, 0.15) is 35.9 Å². The zero-order chi connectivity index (χ0) is 46.5. The van der Waals surface area contributed by atoms with E-state index >= 15 is 0 Å². The van der Waals surface area contributed by atoms with Crippen molar-refractivity contribution in [1.82, 2.24) is 24.7 Å². The van der Waals surface area contributed by atoms with Gasteiger partial charge in [-0.05, 0) is 48.4 Å². The summed E-state index contributed by atoms with van der Waals surface area (Å²) in [4.78, 5) is 90.4. The molecule has 0 spiro atoms. The third kappa shape index (κ3) is 14.4. The predicted molar refractivity (Wildman–Crippen MR) is 209 cm³/mol. The Labute approximate surface area is 352 Å². The van der Waals surface area contributed by atoms with Crippen molar-refractivity contribution in [3.63, 3.8) is 0 Å². The van der Waals surface area contributed by atoms with Gasteiger partial charge in [0.25, 0.3) is 11.8 Å². The average Bonchev–Trinajstić information content (AvgIpc) is 3.75. The van der Waals surface area contributed by atoms with Gasteiger partial charge in [-0.1, -0.05) is 51.1 Å². The molecule has 0 radical (unpaired) electrons. The number of aromatic nitrogens is 2. The van der Waals surface area contributed by atoms with Crippen LogP contribution in [-0.4, -0.2) is 114 Å². The minimum atomic E-state index is -5.08. The number of imidazole rings is 1. The van der Waals surface area contributed by atoms with Crippen LogP contribution in [0.2, 0.25) is 0 Å². The van der Waals surface area contributed by atoms with E-state index in [1.807, 2.05) is 51.1 Å². The molecule has 0 bridgehead atoms. The summed E-state index contributed by atoms with van der Waals surface area (Å²) in [6.07, 6.45) is -1.68. The Kier molecular flexibility index (Phi) is 17.7. The number of carboxylic acids is 2. The molecule has 3 atom stereocenters. The summed E-state index contributed by atoms with van der Waals surface area (Å²) in [5.74, 6) is -8.08. The van der Waals surface area contributed by atoms with Crippen LogP contribution >= 0.6 is 0 Å². The molecule has 4 amide bonds. The molecule has 1 aliphatic heterocycles. The molecule has 21 heteroatoms. The van der Waals surface area contributed by atoms with Gasteiger partial charge in [-0.15, -0.1) is 0 Å². The molecule has 0 saturated heterocycles. The van der Waals surface area contributed by atoms with Gasteiger partial charge in [0.05, 0.1) is 17.8 Å². The Bertz CT molecular complexity index is 2120. The van der Waals surface area contributed by atoms with E-state index in [9.17, 15) is 60.9 Å². The highest BCUT2D eigenvalue weighted by atomic mass is 19.4. The quantitative estimate of drug-likeness (QED) is 0.0855. The second kappa shape index (κ2) is 22.0. The number of halogens is 5. The minimum Gasteiger partial charge on any atom is -0.480 e. The number of nitrogens with zero attached hydrogens (tertiary/aromatic N) is 4. The van der Waals surface area contributed by atoms with Crippen molar-refractivity contribution < 1.29 is 70.8 Å². The van der Waals surface area contributed by atoms with Crippen LogP contribution in [-0.2, 0) is 40.1 Å². The summed E-state index contributed by atoms with van der Waals surface area (Å²) >= 11 is 0. The largest absolute Gasteiger partial charge is 0.490 e. The highest BCUT2D eigenvalue weighted by molar-refractivity contribution is 6.12. The number of aliphatic hydroxyl groups excluding tert-OH is 1. The molecule has 0 aliphatic carbocycles. The first-order valence-corrected chi connectivity index (χ1v) is 19.0. The van der Waals surface area contributed by atoms with Gasteiger partial charge in [-0.25, -0.2) is 23.4 Å². The molecule has 1 aliphatic rings. The highest BCUT2D eigenvalue weighted by Crippen LogP contribution is 2.39. The van der Waals surface area contributed by atoms with Crippen molar-refractivity contribution in [1.29, 1.82) is 0 Å². The first-order valence-electron chi connectivity index (χ1n) is 19.0. The van der Waals surface area contributed by atoms with Crippen molar-refractivity contribution >= 4 is 41.4 Å². The van der Waals surface area contributed by atoms with Crippen LogP contribution < -0.4 is 11.1 Å². The molecule has 62 heavy (non-hydrogen) atoms. The monoisotopic (exact) mass is 878 g/mol. The number of carbonyl (C=O) groups excluding carboxylic acids is 5. The first kappa shape index (κ1) is 50.0. The summed E-state index contributed by atoms with van der Waals surface area (Å²) in [6.45, 7) is 4.66. The maximum absolute atomic E-state index is 15.0. The summed E-state index contributed by atoms with van der Waals surface area (Å²) in [7, 11) is 0. The lowest BCUT2D eigenvalue weighted by Crippen LogP contribution is -2.50. The molecule has 336 valence electrons. The summed E-state index contributed by atoms with van der Waals surface area (Å²) in [5, 5.41) is 29.3. The van der Waals surface area contributed by atoms with Crippen LogP contribution in [0.5, 0.6) is 0 Å². The van der Waals surface area contributed by atoms with Crippen LogP contribution in [0.1, 0.15) is 70.3 Å². The van der Waals surface area contributed by atoms with Crippen molar-refractivity contribution in [2.45, 2.75) is 83.7 Å². The molecule has 1 aromatic heterocycles. The van der Waals surface area contributed by atoms with E-state index in [-0.39, 0.29) is 68.8 Å². The van der Waals surface area contributed by atoms with Gasteiger partial charge in [0.2, 0.25) is 11.8 Å². The molecule has 2 aromatic carbocycles. The fourth-order valence-electron chi connectivity index (χ4n) is 6.32. The second-order valence-electron chi connectivity index (χ2n) is 15.2. The maximum Gasteiger partial charge on any atom is 0.490 e. The van der Waals surface area contributed by atoms with Gasteiger partial charge < -0.3 is 35.8 Å². The number of nitrogens with one attached hydrogen (secondary N) is 1. The SMILES string of the molecule is CC(C)(C)[C@H](c1nc(-c2cc(F)ccc2F)cn1Cc1ccccc1)N(CC[C@H](N)C(=O)N[C@@H](CCC(=O)CCCN1C(=O)C=CC1=O)C(=O)O)C(=O)CO.O=C(O)C(F)(F)F. The van der Waals surface area contributed by atoms with E-state index in [0.717, 1.165) is 40.8 Å². The number of carbonyl (C=O) groups is 7. The summed E-state index contributed by atoms with van der Waals surface area (Å²) < 4.78 is 62.7. The van der Waals surface area contributed by atoms with Gasteiger partial charge in [-0.3, -0.25) is 28.9 Å². The molecule has 2 heterocycles. The van der Waals surface area contributed by atoms with E-state index in [4.69, 9.17) is 20.6 Å². The molecule has 3 aromatic rings. The predicted octanol–water partition coefficient (Wildman–Crippen LogP) is 3.76. The summed E-state index contributed by atoms with van der Waals surface area (Å²) in [6, 6.07) is 8.58. The van der Waals surface area contributed by atoms with Crippen LogP contribution in [0, 0.1) is 17.0 Å². The molecule has 6 N–H and O–H groups in total. The lowest BCUT2D eigenvalue weighted by atomic mass is 9.84. The number of rotatable bonds is 19. The summed E-state index contributed by atoms with van der Waals surface area (Å²) in [5.41, 5.74) is 6.29. The third-order valence-corrected chi connectivity index (χ3v) is 9.36. The number of amides is 4. The average molecular weight is 879 g/mol. The van der Waals surface area contributed by atoms with E-state index in [2.05, 4.69) is 5.32 Å². The topological polar surface area (TPSA) is 243 Å². The number of ketones is 1. The zero-order valence-electron chi connectivity index (χ0n) is 33.9. The van der Waals surface area contributed by atoms with Gasteiger partial charge >= 0.3 is 18.1 Å². The maximum atomic E-state index is 15.0. The Morgan fingerprint density at radius 3 is 2.08 bits per heavy atom. The number of hydrogen-bond donors (Lipinski definition) is 5. The lowest BCUT2D eigenvalue weighted by molar-refractivity contribution is -0.192. The second-order valence-corrected chi connectivity index (χ2v) is 15.2. The fraction of sp³-hybridized carbons (Fsp3) is 0.415. The number of carboxylic acid groups (broad SMARTS) is 2. The molecular weight excluding hydrogens is 831 g/mol. The number of nitrogens with two attached hydrogens (primary N) is 1. The molecule has 16 nitrogen and oxygen atoms in total. The molecule has 4 rings (SSSR count). The smallest absolute Gasteiger partial charge is 0.480 e. The van der Waals surface area contributed by atoms with Crippen LogP contribution in [0.3, 0.4) is 0 Å².